The Hall–Kier alpha value is -2.59. The Morgan fingerprint density at radius 3 is 2.60 bits per heavy atom. The van der Waals surface area contributed by atoms with Gasteiger partial charge < -0.3 is 0 Å². The zero-order valence-corrected chi connectivity index (χ0v) is 14.5. The maximum Gasteiger partial charge on any atom is 0.245 e. The maximum absolute atomic E-state index is 13.3. The second-order valence-corrected chi connectivity index (χ2v) is 7.64. The number of pyridine rings is 1. The number of fused-ring (bicyclic) bond motifs is 7. The maximum atomic E-state index is 13.3. The normalized spacial score (nSPS) is 20.8. The summed E-state index contributed by atoms with van der Waals surface area (Å²) in [5.74, 6) is 0.154. The number of thioether (sulfide) groups is 1. The number of para-hydroxylation sites is 1. The minimum absolute atomic E-state index is 0.0466. The first-order valence-corrected chi connectivity index (χ1v) is 9.28. The average molecular weight is 344 g/mol. The predicted molar refractivity (Wildman–Crippen MR) is 101 cm³/mol. The van der Waals surface area contributed by atoms with Crippen molar-refractivity contribution in [2.24, 2.45) is 0 Å². The standard InChI is InChI=1S/C21H16N2OS/c1-13-11-17-18(22-12-13)15-9-5-6-10-16(15)19-20(24)23(21(17)25-19)14-7-3-2-4-8-14/h2-12,19,21H,1H3. The zero-order valence-electron chi connectivity index (χ0n) is 13.7. The molecule has 1 saturated heterocycles. The van der Waals surface area contributed by atoms with Crippen LogP contribution in [-0.4, -0.2) is 10.9 Å². The number of hydrogen-bond donors (Lipinski definition) is 0. The summed E-state index contributed by atoms with van der Waals surface area (Å²) >= 11 is 1.71. The molecule has 2 aromatic carbocycles. The van der Waals surface area contributed by atoms with Gasteiger partial charge in [0.2, 0.25) is 5.91 Å². The van der Waals surface area contributed by atoms with Gasteiger partial charge in [0.25, 0.3) is 0 Å². The van der Waals surface area contributed by atoms with Crippen LogP contribution < -0.4 is 4.90 Å². The highest BCUT2D eigenvalue weighted by atomic mass is 32.2. The van der Waals surface area contributed by atoms with Gasteiger partial charge in [-0.15, -0.1) is 11.8 Å². The molecule has 0 spiro atoms. The first-order chi connectivity index (χ1) is 12.2. The summed E-state index contributed by atoms with van der Waals surface area (Å²) in [6.07, 6.45) is 1.91. The van der Waals surface area contributed by atoms with Crippen molar-refractivity contribution in [3.63, 3.8) is 0 Å². The Balaban J connectivity index is 1.79. The van der Waals surface area contributed by atoms with E-state index >= 15 is 0 Å². The van der Waals surface area contributed by atoms with E-state index < -0.39 is 0 Å². The minimum atomic E-state index is -0.184. The van der Waals surface area contributed by atoms with Gasteiger partial charge in [0, 0.05) is 23.0 Å². The van der Waals surface area contributed by atoms with Crippen LogP contribution in [0.3, 0.4) is 0 Å². The largest absolute Gasteiger partial charge is 0.294 e. The van der Waals surface area contributed by atoms with Gasteiger partial charge in [-0.1, -0.05) is 42.5 Å². The second-order valence-electron chi connectivity index (χ2n) is 6.45. The highest BCUT2D eigenvalue weighted by molar-refractivity contribution is 8.01. The molecule has 0 N–H and O–H groups in total. The van der Waals surface area contributed by atoms with Crippen LogP contribution in [0.5, 0.6) is 0 Å². The van der Waals surface area contributed by atoms with E-state index in [1.54, 1.807) is 11.8 Å². The first kappa shape index (κ1) is 14.7. The molecule has 5 rings (SSSR count). The Kier molecular flexibility index (Phi) is 3.22. The van der Waals surface area contributed by atoms with Gasteiger partial charge in [-0.3, -0.25) is 14.7 Å². The van der Waals surface area contributed by atoms with Crippen LogP contribution in [0.15, 0.2) is 66.9 Å². The summed E-state index contributed by atoms with van der Waals surface area (Å²) in [5, 5.41) is -0.231. The number of nitrogens with zero attached hydrogens (tertiary/aromatic N) is 2. The fraction of sp³-hybridized carbons (Fsp3) is 0.143. The molecule has 0 radical (unpaired) electrons. The molecular weight excluding hydrogens is 328 g/mol. The molecule has 3 nitrogen and oxygen atoms in total. The number of amides is 1. The zero-order chi connectivity index (χ0) is 17.0. The van der Waals surface area contributed by atoms with E-state index in [1.807, 2.05) is 53.6 Å². The van der Waals surface area contributed by atoms with Crippen LogP contribution in [0.4, 0.5) is 5.69 Å². The number of aryl methyl sites for hydroxylation is 1. The molecule has 2 bridgehead atoms. The molecule has 2 unspecified atom stereocenters. The lowest BCUT2D eigenvalue weighted by Gasteiger charge is -2.27. The molecule has 1 aromatic heterocycles. The minimum Gasteiger partial charge on any atom is -0.294 e. The Morgan fingerprint density at radius 2 is 1.76 bits per heavy atom. The molecule has 2 aliphatic rings. The molecule has 122 valence electrons. The molecule has 3 aromatic rings. The smallest absolute Gasteiger partial charge is 0.245 e. The number of benzene rings is 2. The SMILES string of the molecule is Cc1cnc2c(c1)C1SC(C(=O)N1c1ccccc1)c1ccccc1-2. The van der Waals surface area contributed by atoms with Crippen LogP contribution in [0.2, 0.25) is 0 Å². The molecule has 0 saturated carbocycles. The number of rotatable bonds is 1. The molecule has 1 fully saturated rings. The number of anilines is 1. The summed E-state index contributed by atoms with van der Waals surface area (Å²) < 4.78 is 0. The van der Waals surface area contributed by atoms with Gasteiger partial charge in [-0.25, -0.2) is 0 Å². The average Bonchev–Trinajstić information content (AvgIpc) is 2.92. The summed E-state index contributed by atoms with van der Waals surface area (Å²) in [6.45, 7) is 2.05. The highest BCUT2D eigenvalue weighted by Gasteiger charge is 2.46. The molecule has 25 heavy (non-hydrogen) atoms. The van der Waals surface area contributed by atoms with E-state index in [9.17, 15) is 4.79 Å². The van der Waals surface area contributed by atoms with Crippen LogP contribution >= 0.6 is 11.8 Å². The monoisotopic (exact) mass is 344 g/mol. The van der Waals surface area contributed by atoms with Crippen molar-refractivity contribution in [3.05, 3.63) is 83.6 Å². The third-order valence-electron chi connectivity index (χ3n) is 4.81. The van der Waals surface area contributed by atoms with E-state index in [0.29, 0.717) is 0 Å². The fourth-order valence-electron chi connectivity index (χ4n) is 3.71. The predicted octanol–water partition coefficient (Wildman–Crippen LogP) is 4.89. The van der Waals surface area contributed by atoms with Gasteiger partial charge in [-0.2, -0.15) is 0 Å². The van der Waals surface area contributed by atoms with Crippen molar-refractivity contribution >= 4 is 23.4 Å². The van der Waals surface area contributed by atoms with E-state index in [-0.39, 0.29) is 16.5 Å². The number of aromatic nitrogens is 1. The molecule has 2 aliphatic heterocycles. The Bertz CT molecular complexity index is 986. The Labute approximate surface area is 150 Å². The van der Waals surface area contributed by atoms with Gasteiger partial charge in [0.05, 0.1) is 5.69 Å². The van der Waals surface area contributed by atoms with Crippen LogP contribution in [0, 0.1) is 6.92 Å². The third-order valence-corrected chi connectivity index (χ3v) is 6.26. The number of carbonyl (C=O) groups excluding carboxylic acids is 1. The van der Waals surface area contributed by atoms with Crippen LogP contribution in [0.25, 0.3) is 11.3 Å². The van der Waals surface area contributed by atoms with Crippen molar-refractivity contribution in [1.29, 1.82) is 0 Å². The molecule has 3 heterocycles. The van der Waals surface area contributed by atoms with Crippen molar-refractivity contribution in [3.8, 4) is 11.3 Å². The lowest BCUT2D eigenvalue weighted by molar-refractivity contribution is -0.117. The molecule has 2 atom stereocenters. The lowest BCUT2D eigenvalue weighted by atomic mass is 9.94. The van der Waals surface area contributed by atoms with E-state index in [1.165, 1.54) is 0 Å². The second kappa shape index (κ2) is 5.46. The van der Waals surface area contributed by atoms with Gasteiger partial charge in [-0.05, 0) is 36.2 Å². The van der Waals surface area contributed by atoms with Crippen molar-refractivity contribution in [1.82, 2.24) is 4.98 Å². The van der Waals surface area contributed by atoms with Crippen LogP contribution in [-0.2, 0) is 4.79 Å². The summed E-state index contributed by atoms with van der Waals surface area (Å²) in [5.41, 5.74) is 6.32. The van der Waals surface area contributed by atoms with E-state index in [0.717, 1.165) is 33.6 Å². The molecule has 1 amide bonds. The molecule has 4 heteroatoms. The summed E-state index contributed by atoms with van der Waals surface area (Å²) in [4.78, 5) is 20.0. The van der Waals surface area contributed by atoms with Gasteiger partial charge >= 0.3 is 0 Å². The fourth-order valence-corrected chi connectivity index (χ4v) is 5.22. The van der Waals surface area contributed by atoms with Gasteiger partial charge in [0.15, 0.2) is 0 Å². The summed E-state index contributed by atoms with van der Waals surface area (Å²) in [6, 6.07) is 20.3. The van der Waals surface area contributed by atoms with Crippen molar-refractivity contribution < 1.29 is 4.79 Å². The number of carbonyl (C=O) groups is 1. The summed E-state index contributed by atoms with van der Waals surface area (Å²) in [7, 11) is 0. The topological polar surface area (TPSA) is 33.2 Å². The lowest BCUT2D eigenvalue weighted by Crippen LogP contribution is -2.30. The third kappa shape index (κ3) is 2.14. The Morgan fingerprint density at radius 1 is 1.00 bits per heavy atom. The van der Waals surface area contributed by atoms with Crippen molar-refractivity contribution in [2.75, 3.05) is 4.90 Å². The molecular formula is C21H16N2OS. The van der Waals surface area contributed by atoms with Crippen molar-refractivity contribution in [2.45, 2.75) is 17.5 Å². The number of hydrogen-bond acceptors (Lipinski definition) is 3. The van der Waals surface area contributed by atoms with Crippen LogP contribution in [0.1, 0.15) is 27.3 Å². The molecule has 0 aliphatic carbocycles. The first-order valence-electron chi connectivity index (χ1n) is 8.33. The van der Waals surface area contributed by atoms with E-state index in [4.69, 9.17) is 4.98 Å². The quantitative estimate of drug-likeness (QED) is 0.630. The van der Waals surface area contributed by atoms with E-state index in [2.05, 4.69) is 25.1 Å². The highest BCUT2D eigenvalue weighted by Crippen LogP contribution is 2.57. The van der Waals surface area contributed by atoms with Gasteiger partial charge in [0.1, 0.15) is 10.6 Å².